The molecule has 0 saturated carbocycles. The topological polar surface area (TPSA) is 60.9 Å². The molecule has 0 saturated heterocycles. The van der Waals surface area contributed by atoms with E-state index in [1.54, 1.807) is 0 Å². The molecule has 0 aliphatic rings. The van der Waals surface area contributed by atoms with Crippen molar-refractivity contribution in [2.75, 3.05) is 0 Å². The SMILES string of the molecule is NC(=O)c1ccn(-c2ccccc2C(F)(F)F)n1. The fourth-order valence-corrected chi connectivity index (χ4v) is 1.50. The molecule has 18 heavy (non-hydrogen) atoms. The molecule has 0 spiro atoms. The molecule has 1 heterocycles. The lowest BCUT2D eigenvalue weighted by molar-refractivity contribution is -0.137. The highest BCUT2D eigenvalue weighted by molar-refractivity contribution is 5.90. The number of nitrogens with two attached hydrogens (primary N) is 1. The standard InChI is InChI=1S/C11H8F3N3O/c12-11(13,14)7-3-1-2-4-9(7)17-6-5-8(16-17)10(15)18/h1-6H,(H2,15,18). The van der Waals surface area contributed by atoms with Gasteiger partial charge in [0.25, 0.3) is 5.91 Å². The molecule has 1 amide bonds. The van der Waals surface area contributed by atoms with Gasteiger partial charge in [-0.05, 0) is 18.2 Å². The number of amides is 1. The Bertz CT molecular complexity index is 589. The van der Waals surface area contributed by atoms with Crippen molar-refractivity contribution in [2.45, 2.75) is 6.18 Å². The van der Waals surface area contributed by atoms with Crippen LogP contribution in [0.3, 0.4) is 0 Å². The number of aromatic nitrogens is 2. The zero-order chi connectivity index (χ0) is 13.3. The van der Waals surface area contributed by atoms with Crippen LogP contribution in [-0.4, -0.2) is 15.7 Å². The number of hydrogen-bond acceptors (Lipinski definition) is 2. The summed E-state index contributed by atoms with van der Waals surface area (Å²) < 4.78 is 39.3. The Kier molecular flexibility index (Phi) is 2.82. The van der Waals surface area contributed by atoms with Crippen molar-refractivity contribution in [3.63, 3.8) is 0 Å². The summed E-state index contributed by atoms with van der Waals surface area (Å²) in [7, 11) is 0. The molecule has 94 valence electrons. The van der Waals surface area contributed by atoms with Crippen molar-refractivity contribution in [1.29, 1.82) is 0 Å². The Labute approximate surface area is 99.8 Å². The summed E-state index contributed by atoms with van der Waals surface area (Å²) in [6, 6.07) is 6.21. The number of primary amides is 1. The minimum atomic E-state index is -4.49. The number of alkyl halides is 3. The highest BCUT2D eigenvalue weighted by Crippen LogP contribution is 2.33. The summed E-state index contributed by atoms with van der Waals surface area (Å²) in [5.41, 5.74) is 3.92. The molecule has 0 bridgehead atoms. The molecular formula is C11H8F3N3O. The van der Waals surface area contributed by atoms with Gasteiger partial charge < -0.3 is 5.73 Å². The van der Waals surface area contributed by atoms with E-state index in [2.05, 4.69) is 5.10 Å². The van der Waals surface area contributed by atoms with Crippen LogP contribution in [0.25, 0.3) is 5.69 Å². The average Bonchev–Trinajstić information content (AvgIpc) is 2.77. The zero-order valence-electron chi connectivity index (χ0n) is 8.98. The molecule has 0 fully saturated rings. The van der Waals surface area contributed by atoms with Crippen molar-refractivity contribution >= 4 is 5.91 Å². The van der Waals surface area contributed by atoms with E-state index in [1.165, 1.54) is 30.5 Å². The predicted octanol–water partition coefficient (Wildman–Crippen LogP) is 1.99. The fraction of sp³-hybridized carbons (Fsp3) is 0.0909. The first-order valence-electron chi connectivity index (χ1n) is 4.91. The Morgan fingerprint density at radius 3 is 2.44 bits per heavy atom. The number of halogens is 3. The number of hydrogen-bond donors (Lipinski definition) is 1. The molecule has 0 unspecified atom stereocenters. The maximum absolute atomic E-state index is 12.8. The first kappa shape index (κ1) is 12.2. The fourth-order valence-electron chi connectivity index (χ4n) is 1.50. The maximum Gasteiger partial charge on any atom is 0.418 e. The van der Waals surface area contributed by atoms with Gasteiger partial charge in [-0.1, -0.05) is 12.1 Å². The highest BCUT2D eigenvalue weighted by atomic mass is 19.4. The number of rotatable bonds is 2. The van der Waals surface area contributed by atoms with Crippen LogP contribution in [0.1, 0.15) is 16.1 Å². The maximum atomic E-state index is 12.8. The van der Waals surface area contributed by atoms with Crippen LogP contribution < -0.4 is 5.73 Å². The van der Waals surface area contributed by atoms with Crippen molar-refractivity contribution < 1.29 is 18.0 Å². The summed E-state index contributed by atoms with van der Waals surface area (Å²) in [5.74, 6) is -0.793. The largest absolute Gasteiger partial charge is 0.418 e. The molecule has 0 aliphatic heterocycles. The molecule has 2 N–H and O–H groups in total. The van der Waals surface area contributed by atoms with E-state index in [4.69, 9.17) is 5.73 Å². The number of para-hydroxylation sites is 1. The molecular weight excluding hydrogens is 247 g/mol. The van der Waals surface area contributed by atoms with Crippen LogP contribution in [0.4, 0.5) is 13.2 Å². The van der Waals surface area contributed by atoms with Gasteiger partial charge in [-0.3, -0.25) is 4.79 Å². The monoisotopic (exact) mass is 255 g/mol. The van der Waals surface area contributed by atoms with Crippen LogP contribution in [0.2, 0.25) is 0 Å². The second kappa shape index (κ2) is 4.17. The van der Waals surface area contributed by atoms with Crippen molar-refractivity contribution in [2.24, 2.45) is 5.73 Å². The van der Waals surface area contributed by atoms with Gasteiger partial charge in [0.1, 0.15) is 5.69 Å². The molecule has 0 aliphatic carbocycles. The van der Waals surface area contributed by atoms with Gasteiger partial charge in [-0.2, -0.15) is 18.3 Å². The van der Waals surface area contributed by atoms with Crippen molar-refractivity contribution in [1.82, 2.24) is 9.78 Å². The van der Waals surface area contributed by atoms with Gasteiger partial charge in [0, 0.05) is 6.20 Å². The Balaban J connectivity index is 2.53. The summed E-state index contributed by atoms with van der Waals surface area (Å²) in [5, 5.41) is 3.70. The van der Waals surface area contributed by atoms with Crippen molar-refractivity contribution in [3.8, 4) is 5.69 Å². The lowest BCUT2D eigenvalue weighted by atomic mass is 10.2. The van der Waals surface area contributed by atoms with Crippen LogP contribution in [0.5, 0.6) is 0 Å². The van der Waals surface area contributed by atoms with Crippen LogP contribution in [0, 0.1) is 0 Å². The van der Waals surface area contributed by atoms with E-state index in [9.17, 15) is 18.0 Å². The van der Waals surface area contributed by atoms with E-state index < -0.39 is 17.6 Å². The highest BCUT2D eigenvalue weighted by Gasteiger charge is 2.33. The van der Waals surface area contributed by atoms with E-state index in [-0.39, 0.29) is 11.4 Å². The van der Waals surface area contributed by atoms with Gasteiger partial charge in [0.2, 0.25) is 0 Å². The first-order chi connectivity index (χ1) is 8.39. The minimum absolute atomic E-state index is 0.0908. The molecule has 2 rings (SSSR count). The number of benzene rings is 1. The van der Waals surface area contributed by atoms with E-state index in [1.807, 2.05) is 0 Å². The van der Waals surface area contributed by atoms with E-state index in [0.717, 1.165) is 10.7 Å². The molecule has 1 aromatic carbocycles. The summed E-state index contributed by atoms with van der Waals surface area (Å²) >= 11 is 0. The van der Waals surface area contributed by atoms with Gasteiger partial charge in [0.05, 0.1) is 11.3 Å². The predicted molar refractivity (Wildman–Crippen MR) is 57.1 cm³/mol. The normalized spacial score (nSPS) is 11.5. The van der Waals surface area contributed by atoms with Gasteiger partial charge in [-0.25, -0.2) is 4.68 Å². The lowest BCUT2D eigenvalue weighted by Gasteiger charge is -2.12. The van der Waals surface area contributed by atoms with Gasteiger partial charge in [-0.15, -0.1) is 0 Å². The molecule has 1 aromatic heterocycles. The Hall–Kier alpha value is -2.31. The van der Waals surface area contributed by atoms with E-state index in [0.29, 0.717) is 0 Å². The second-order valence-electron chi connectivity index (χ2n) is 3.52. The van der Waals surface area contributed by atoms with Gasteiger partial charge in [0.15, 0.2) is 0 Å². The molecule has 0 atom stereocenters. The van der Waals surface area contributed by atoms with Crippen LogP contribution in [0.15, 0.2) is 36.5 Å². The van der Waals surface area contributed by atoms with E-state index >= 15 is 0 Å². The summed E-state index contributed by atoms with van der Waals surface area (Å²) in [6.45, 7) is 0. The molecule has 2 aromatic rings. The minimum Gasteiger partial charge on any atom is -0.364 e. The number of carbonyl (C=O) groups excluding carboxylic acids is 1. The number of nitrogens with zero attached hydrogens (tertiary/aromatic N) is 2. The van der Waals surface area contributed by atoms with Crippen LogP contribution >= 0.6 is 0 Å². The van der Waals surface area contributed by atoms with Crippen molar-refractivity contribution in [3.05, 3.63) is 47.8 Å². The Morgan fingerprint density at radius 2 is 1.89 bits per heavy atom. The molecule has 0 radical (unpaired) electrons. The average molecular weight is 255 g/mol. The second-order valence-corrected chi connectivity index (χ2v) is 3.52. The molecule has 4 nitrogen and oxygen atoms in total. The molecule has 7 heteroatoms. The van der Waals surface area contributed by atoms with Crippen LogP contribution in [-0.2, 0) is 6.18 Å². The quantitative estimate of drug-likeness (QED) is 0.892. The Morgan fingerprint density at radius 1 is 1.22 bits per heavy atom. The van der Waals surface area contributed by atoms with Gasteiger partial charge >= 0.3 is 6.18 Å². The summed E-state index contributed by atoms with van der Waals surface area (Å²) in [4.78, 5) is 10.9. The summed E-state index contributed by atoms with van der Waals surface area (Å²) in [6.07, 6.45) is -3.24. The lowest BCUT2D eigenvalue weighted by Crippen LogP contribution is -2.14. The third-order valence-corrected chi connectivity index (χ3v) is 2.30. The zero-order valence-corrected chi connectivity index (χ0v) is 8.98. The third-order valence-electron chi connectivity index (χ3n) is 2.30. The smallest absolute Gasteiger partial charge is 0.364 e. The third kappa shape index (κ3) is 2.20. The number of carbonyl (C=O) groups is 1. The first-order valence-corrected chi connectivity index (χ1v) is 4.91.